The molecular formula is C16H24ClNS. The van der Waals surface area contributed by atoms with Gasteiger partial charge in [-0.1, -0.05) is 50.8 Å². The fourth-order valence-corrected chi connectivity index (χ4v) is 4.11. The van der Waals surface area contributed by atoms with Gasteiger partial charge in [0.25, 0.3) is 0 Å². The molecule has 0 unspecified atom stereocenters. The molecular weight excluding hydrogens is 274 g/mol. The Kier molecular flexibility index (Phi) is 6.06. The van der Waals surface area contributed by atoms with Crippen molar-refractivity contribution in [1.29, 1.82) is 0 Å². The van der Waals surface area contributed by atoms with Gasteiger partial charge in [-0.3, -0.25) is 0 Å². The van der Waals surface area contributed by atoms with E-state index in [-0.39, 0.29) is 0 Å². The monoisotopic (exact) mass is 297 g/mol. The molecule has 1 aromatic rings. The molecule has 3 heteroatoms. The first-order chi connectivity index (χ1) is 9.15. The zero-order valence-electron chi connectivity index (χ0n) is 11.9. The van der Waals surface area contributed by atoms with E-state index in [0.29, 0.717) is 6.04 Å². The first-order valence-corrected chi connectivity index (χ1v) is 8.59. The molecule has 0 aromatic heterocycles. The lowest BCUT2D eigenvalue weighted by Gasteiger charge is -2.22. The Labute approximate surface area is 126 Å². The van der Waals surface area contributed by atoms with Gasteiger partial charge in [0.05, 0.1) is 0 Å². The van der Waals surface area contributed by atoms with Crippen LogP contribution >= 0.6 is 23.4 Å². The summed E-state index contributed by atoms with van der Waals surface area (Å²) in [6.07, 6.45) is 6.90. The van der Waals surface area contributed by atoms with Crippen molar-refractivity contribution in [3.8, 4) is 0 Å². The summed E-state index contributed by atoms with van der Waals surface area (Å²) >= 11 is 8.20. The van der Waals surface area contributed by atoms with E-state index in [1.54, 1.807) is 0 Å². The average Bonchev–Trinajstić information content (AvgIpc) is 2.39. The van der Waals surface area contributed by atoms with Crippen molar-refractivity contribution in [1.82, 2.24) is 5.32 Å². The van der Waals surface area contributed by atoms with Crippen LogP contribution in [0.4, 0.5) is 0 Å². The van der Waals surface area contributed by atoms with E-state index in [0.717, 1.165) is 16.8 Å². The fourth-order valence-electron chi connectivity index (χ4n) is 2.46. The summed E-state index contributed by atoms with van der Waals surface area (Å²) in [5.74, 6) is 0. The van der Waals surface area contributed by atoms with Gasteiger partial charge < -0.3 is 5.32 Å². The van der Waals surface area contributed by atoms with Gasteiger partial charge in [0.1, 0.15) is 0 Å². The number of halogens is 1. The van der Waals surface area contributed by atoms with Crippen molar-refractivity contribution in [2.75, 3.05) is 0 Å². The molecule has 106 valence electrons. The molecule has 1 aromatic carbocycles. The molecule has 19 heavy (non-hydrogen) atoms. The Morgan fingerprint density at radius 1 is 1.26 bits per heavy atom. The molecule has 2 rings (SSSR count). The van der Waals surface area contributed by atoms with E-state index < -0.39 is 0 Å². The van der Waals surface area contributed by atoms with Gasteiger partial charge in [-0.05, 0) is 30.5 Å². The van der Waals surface area contributed by atoms with Crippen molar-refractivity contribution in [3.05, 3.63) is 28.8 Å². The van der Waals surface area contributed by atoms with Crippen molar-refractivity contribution < 1.29 is 0 Å². The summed E-state index contributed by atoms with van der Waals surface area (Å²) in [6.45, 7) is 5.30. The molecule has 0 heterocycles. The number of hydrogen-bond donors (Lipinski definition) is 1. The summed E-state index contributed by atoms with van der Waals surface area (Å²) < 4.78 is 0. The third kappa shape index (κ3) is 5.02. The van der Waals surface area contributed by atoms with E-state index in [4.69, 9.17) is 11.6 Å². The number of rotatable bonds is 5. The maximum atomic E-state index is 6.16. The standard InChI is InChI=1S/C16H24ClNS/c1-12(2)18-11-13-8-9-14(17)10-16(13)19-15-6-4-3-5-7-15/h8-10,12,15,18H,3-7,11H2,1-2H3. The number of benzene rings is 1. The summed E-state index contributed by atoms with van der Waals surface area (Å²) in [7, 11) is 0. The van der Waals surface area contributed by atoms with Gasteiger partial charge in [-0.2, -0.15) is 0 Å². The third-order valence-electron chi connectivity index (χ3n) is 3.58. The van der Waals surface area contributed by atoms with Crippen LogP contribution in [0.1, 0.15) is 51.5 Å². The molecule has 0 spiro atoms. The first kappa shape index (κ1) is 15.2. The Bertz CT molecular complexity index is 400. The van der Waals surface area contributed by atoms with Gasteiger partial charge in [0.2, 0.25) is 0 Å². The lowest BCUT2D eigenvalue weighted by molar-refractivity contribution is 0.516. The van der Waals surface area contributed by atoms with Crippen molar-refractivity contribution in [3.63, 3.8) is 0 Å². The lowest BCUT2D eigenvalue weighted by Crippen LogP contribution is -2.22. The highest BCUT2D eigenvalue weighted by molar-refractivity contribution is 8.00. The fraction of sp³-hybridized carbons (Fsp3) is 0.625. The highest BCUT2D eigenvalue weighted by atomic mass is 35.5. The van der Waals surface area contributed by atoms with E-state index in [9.17, 15) is 0 Å². The molecule has 1 N–H and O–H groups in total. The molecule has 1 nitrogen and oxygen atoms in total. The van der Waals surface area contributed by atoms with Crippen LogP contribution in [-0.2, 0) is 6.54 Å². The van der Waals surface area contributed by atoms with Gasteiger partial charge in [-0.25, -0.2) is 0 Å². The smallest absolute Gasteiger partial charge is 0.0417 e. The predicted octanol–water partition coefficient (Wildman–Crippen LogP) is 5.26. The quantitative estimate of drug-likeness (QED) is 0.795. The number of nitrogens with one attached hydrogen (secondary N) is 1. The zero-order valence-corrected chi connectivity index (χ0v) is 13.5. The highest BCUT2D eigenvalue weighted by Crippen LogP contribution is 2.36. The zero-order chi connectivity index (χ0) is 13.7. The topological polar surface area (TPSA) is 12.0 Å². The Morgan fingerprint density at radius 3 is 2.68 bits per heavy atom. The first-order valence-electron chi connectivity index (χ1n) is 7.33. The molecule has 1 saturated carbocycles. The van der Waals surface area contributed by atoms with Gasteiger partial charge in [0, 0.05) is 27.8 Å². The van der Waals surface area contributed by atoms with Crippen LogP contribution in [-0.4, -0.2) is 11.3 Å². The number of thioether (sulfide) groups is 1. The normalized spacial score (nSPS) is 17.1. The molecule has 0 amide bonds. The van der Waals surface area contributed by atoms with Gasteiger partial charge in [-0.15, -0.1) is 11.8 Å². The maximum absolute atomic E-state index is 6.16. The molecule has 0 aliphatic heterocycles. The van der Waals surface area contributed by atoms with E-state index in [2.05, 4.69) is 31.3 Å². The molecule has 1 fully saturated rings. The maximum Gasteiger partial charge on any atom is 0.0417 e. The molecule has 0 bridgehead atoms. The summed E-state index contributed by atoms with van der Waals surface area (Å²) in [5, 5.41) is 5.14. The van der Waals surface area contributed by atoms with E-state index >= 15 is 0 Å². The van der Waals surface area contributed by atoms with Crippen molar-refractivity contribution in [2.45, 2.75) is 68.7 Å². The van der Waals surface area contributed by atoms with Crippen LogP contribution < -0.4 is 5.32 Å². The molecule has 0 radical (unpaired) electrons. The predicted molar refractivity (Wildman–Crippen MR) is 86.2 cm³/mol. The average molecular weight is 298 g/mol. The minimum atomic E-state index is 0.517. The molecule has 0 saturated heterocycles. The van der Waals surface area contributed by atoms with Crippen molar-refractivity contribution in [2.24, 2.45) is 0 Å². The second-order valence-electron chi connectivity index (χ2n) is 5.67. The minimum Gasteiger partial charge on any atom is -0.310 e. The van der Waals surface area contributed by atoms with Gasteiger partial charge >= 0.3 is 0 Å². The van der Waals surface area contributed by atoms with Crippen LogP contribution in [0.3, 0.4) is 0 Å². The van der Waals surface area contributed by atoms with Crippen molar-refractivity contribution >= 4 is 23.4 Å². The van der Waals surface area contributed by atoms with Crippen LogP contribution in [0.25, 0.3) is 0 Å². The second kappa shape index (κ2) is 7.56. The van der Waals surface area contributed by atoms with Crippen LogP contribution in [0.2, 0.25) is 5.02 Å². The summed E-state index contributed by atoms with van der Waals surface area (Å²) in [5.41, 5.74) is 1.38. The second-order valence-corrected chi connectivity index (χ2v) is 7.44. The van der Waals surface area contributed by atoms with Gasteiger partial charge in [0.15, 0.2) is 0 Å². The lowest BCUT2D eigenvalue weighted by atomic mass is 10.0. The largest absolute Gasteiger partial charge is 0.310 e. The SMILES string of the molecule is CC(C)NCc1ccc(Cl)cc1SC1CCCCC1. The van der Waals surface area contributed by atoms with Crippen LogP contribution in [0.15, 0.2) is 23.1 Å². The van der Waals surface area contributed by atoms with Crippen LogP contribution in [0.5, 0.6) is 0 Å². The highest BCUT2D eigenvalue weighted by Gasteiger charge is 2.16. The van der Waals surface area contributed by atoms with E-state index in [1.165, 1.54) is 42.6 Å². The Balaban J connectivity index is 2.05. The summed E-state index contributed by atoms with van der Waals surface area (Å²) in [6, 6.07) is 6.83. The third-order valence-corrected chi connectivity index (χ3v) is 5.25. The Morgan fingerprint density at radius 2 is 2.00 bits per heavy atom. The molecule has 1 aliphatic carbocycles. The molecule has 0 atom stereocenters. The Hall–Kier alpha value is -0.180. The number of hydrogen-bond acceptors (Lipinski definition) is 2. The minimum absolute atomic E-state index is 0.517. The van der Waals surface area contributed by atoms with E-state index in [1.807, 2.05) is 17.8 Å². The molecule has 1 aliphatic rings. The van der Waals surface area contributed by atoms with Crippen LogP contribution in [0, 0.1) is 0 Å². The summed E-state index contributed by atoms with van der Waals surface area (Å²) in [4.78, 5) is 1.37.